The number of para-hydroxylation sites is 1. The number of nitrogens with zero attached hydrogens (tertiary/aromatic N) is 1. The number of halogens is 1. The van der Waals surface area contributed by atoms with Gasteiger partial charge in [0.05, 0.1) is 19.8 Å². The third-order valence-corrected chi connectivity index (χ3v) is 8.96. The maximum absolute atomic E-state index is 14.8. The minimum Gasteiger partial charge on any atom is -0.497 e. The van der Waals surface area contributed by atoms with Crippen LogP contribution >= 0.6 is 0 Å². The van der Waals surface area contributed by atoms with Crippen LogP contribution in [0, 0.1) is 11.2 Å². The van der Waals surface area contributed by atoms with Crippen LogP contribution in [0.2, 0.25) is 0 Å². The zero-order chi connectivity index (χ0) is 29.9. The lowest BCUT2D eigenvalue weighted by Crippen LogP contribution is -2.48. The number of Topliss-reactive ketones (excluding diaryl/α,β-unsaturated/α-hetero) is 3. The van der Waals surface area contributed by atoms with Gasteiger partial charge in [-0.25, -0.2) is 4.39 Å². The fraction of sp³-hybridized carbons (Fsp3) is 0.194. The van der Waals surface area contributed by atoms with Gasteiger partial charge in [0.15, 0.2) is 17.3 Å². The van der Waals surface area contributed by atoms with Crippen LogP contribution in [0.5, 0.6) is 11.5 Å². The van der Waals surface area contributed by atoms with Crippen LogP contribution in [0.4, 0.5) is 10.1 Å². The molecule has 4 aromatic carbocycles. The van der Waals surface area contributed by atoms with Crippen molar-refractivity contribution in [1.82, 2.24) is 0 Å². The van der Waals surface area contributed by atoms with Crippen molar-refractivity contribution in [3.63, 3.8) is 0 Å². The largest absolute Gasteiger partial charge is 0.497 e. The van der Waals surface area contributed by atoms with Gasteiger partial charge in [-0.1, -0.05) is 54.6 Å². The van der Waals surface area contributed by atoms with E-state index in [1.807, 2.05) is 30.0 Å². The first-order chi connectivity index (χ1) is 20.9. The Morgan fingerprint density at radius 2 is 1.58 bits per heavy atom. The molecule has 0 unspecified atom stereocenters. The van der Waals surface area contributed by atoms with Crippen LogP contribution in [-0.2, 0) is 0 Å². The number of rotatable bonds is 6. The molecule has 0 saturated carbocycles. The van der Waals surface area contributed by atoms with Crippen LogP contribution in [0.15, 0.2) is 97.1 Å². The number of ketones is 3. The summed E-state index contributed by atoms with van der Waals surface area (Å²) in [6.45, 7) is 2.21. The summed E-state index contributed by atoms with van der Waals surface area (Å²) in [6.07, 6.45) is 3.53. The Balaban J connectivity index is 1.55. The molecule has 0 amide bonds. The quantitative estimate of drug-likeness (QED) is 0.192. The Hall–Kier alpha value is -5.04. The molecule has 0 radical (unpaired) electrons. The predicted molar refractivity (Wildman–Crippen MR) is 161 cm³/mol. The zero-order valence-corrected chi connectivity index (χ0v) is 23.6. The molecule has 7 rings (SSSR count). The van der Waals surface area contributed by atoms with E-state index in [-0.39, 0.29) is 17.3 Å². The lowest BCUT2D eigenvalue weighted by molar-refractivity contribution is 0.0664. The van der Waals surface area contributed by atoms with E-state index < -0.39 is 29.2 Å². The second kappa shape index (κ2) is 10.1. The van der Waals surface area contributed by atoms with E-state index in [1.54, 1.807) is 79.9 Å². The first kappa shape index (κ1) is 26.8. The molecule has 7 heteroatoms. The Kier molecular flexibility index (Phi) is 6.27. The molecule has 0 N–H and O–H groups in total. The average Bonchev–Trinajstić information content (AvgIpc) is 3.47. The Bertz CT molecular complexity index is 1790. The molecule has 0 aromatic heterocycles. The van der Waals surface area contributed by atoms with Crippen molar-refractivity contribution in [2.24, 2.45) is 5.41 Å². The highest BCUT2D eigenvalue weighted by atomic mass is 19.1. The second-order valence-corrected chi connectivity index (χ2v) is 11.0. The number of ether oxygens (including phenoxy) is 2. The molecule has 214 valence electrons. The van der Waals surface area contributed by atoms with Gasteiger partial charge in [-0.15, -0.1) is 0 Å². The number of anilines is 1. The fourth-order valence-electron chi connectivity index (χ4n) is 7.24. The normalized spacial score (nSPS) is 21.0. The zero-order valence-electron chi connectivity index (χ0n) is 23.6. The van der Waals surface area contributed by atoms with Crippen molar-refractivity contribution in [3.05, 3.63) is 131 Å². The number of carbonyl (C=O) groups is 3. The van der Waals surface area contributed by atoms with E-state index in [1.165, 1.54) is 12.1 Å². The molecule has 3 atom stereocenters. The van der Waals surface area contributed by atoms with Gasteiger partial charge in [-0.05, 0) is 55.5 Å². The number of hydrogen-bond donors (Lipinski definition) is 0. The second-order valence-electron chi connectivity index (χ2n) is 11.0. The summed E-state index contributed by atoms with van der Waals surface area (Å²) in [5.74, 6) is -1.20. The summed E-state index contributed by atoms with van der Waals surface area (Å²) in [7, 11) is 1.55. The molecule has 1 spiro atoms. The summed E-state index contributed by atoms with van der Waals surface area (Å²) in [5.41, 5.74) is 1.13. The van der Waals surface area contributed by atoms with Crippen molar-refractivity contribution in [2.45, 2.75) is 24.9 Å². The molecule has 2 aliphatic heterocycles. The van der Waals surface area contributed by atoms with Crippen LogP contribution in [-0.4, -0.2) is 43.2 Å². The molecule has 1 aliphatic carbocycles. The highest BCUT2D eigenvalue weighted by Crippen LogP contribution is 2.62. The molecular weight excluding hydrogens is 545 g/mol. The molecule has 0 bridgehead atoms. The SMILES string of the molecule is CCOc1ccccc1[C@@H]1[C@H](C(=O)c2ccc(OC)cc2)N2c3ccc(F)cc3C=C[C@@H]2C12C(=O)c1ccccc1C2=O. The monoisotopic (exact) mass is 573 g/mol. The molecule has 2 heterocycles. The highest BCUT2D eigenvalue weighted by Gasteiger charge is 2.72. The summed E-state index contributed by atoms with van der Waals surface area (Å²) in [6, 6.07) is 23.5. The first-order valence-corrected chi connectivity index (χ1v) is 14.3. The van der Waals surface area contributed by atoms with Crippen LogP contribution < -0.4 is 14.4 Å². The van der Waals surface area contributed by atoms with E-state index in [2.05, 4.69) is 0 Å². The van der Waals surface area contributed by atoms with Crippen LogP contribution in [0.1, 0.15) is 55.0 Å². The third kappa shape index (κ3) is 3.74. The van der Waals surface area contributed by atoms with Gasteiger partial charge in [-0.2, -0.15) is 0 Å². The molecule has 3 aliphatic rings. The number of benzene rings is 4. The fourth-order valence-corrected chi connectivity index (χ4v) is 7.24. The smallest absolute Gasteiger partial charge is 0.185 e. The molecule has 6 nitrogen and oxygen atoms in total. The standard InChI is InChI=1S/C36H28FNO5/c1-3-43-29-11-7-6-10-27(29)31-32(33(39)21-12-16-24(42-2)17-13-21)38-28-18-15-23(37)20-22(28)14-19-30(38)36(31)34(40)25-8-4-5-9-26(25)35(36)41/h4-20,30-32H,3H2,1-2H3/t30-,31-,32-/m1/s1. The van der Waals surface area contributed by atoms with Gasteiger partial charge < -0.3 is 14.4 Å². The van der Waals surface area contributed by atoms with Gasteiger partial charge in [-0.3, -0.25) is 14.4 Å². The van der Waals surface area contributed by atoms with Gasteiger partial charge >= 0.3 is 0 Å². The van der Waals surface area contributed by atoms with Crippen molar-refractivity contribution < 1.29 is 28.2 Å². The molecule has 43 heavy (non-hydrogen) atoms. The van der Waals surface area contributed by atoms with Gasteiger partial charge in [0, 0.05) is 39.4 Å². The molecular formula is C36H28FNO5. The van der Waals surface area contributed by atoms with Gasteiger partial charge in [0.25, 0.3) is 0 Å². The summed E-state index contributed by atoms with van der Waals surface area (Å²) >= 11 is 0. The van der Waals surface area contributed by atoms with E-state index >= 15 is 0 Å². The molecule has 4 aromatic rings. The van der Waals surface area contributed by atoms with Gasteiger partial charge in [0.1, 0.15) is 28.8 Å². The van der Waals surface area contributed by atoms with Crippen molar-refractivity contribution in [2.75, 3.05) is 18.6 Å². The summed E-state index contributed by atoms with van der Waals surface area (Å²) in [4.78, 5) is 46.2. The van der Waals surface area contributed by atoms with E-state index in [9.17, 15) is 18.8 Å². The minimum absolute atomic E-state index is 0.275. The number of carbonyl (C=O) groups excluding carboxylic acids is 3. The van der Waals surface area contributed by atoms with E-state index in [4.69, 9.17) is 9.47 Å². The summed E-state index contributed by atoms with van der Waals surface area (Å²) < 4.78 is 25.8. The number of fused-ring (bicyclic) bond motifs is 5. The van der Waals surface area contributed by atoms with Crippen LogP contribution in [0.25, 0.3) is 6.08 Å². The maximum atomic E-state index is 14.8. The lowest BCUT2D eigenvalue weighted by Gasteiger charge is -2.37. The average molecular weight is 574 g/mol. The summed E-state index contributed by atoms with van der Waals surface area (Å²) in [5, 5.41) is 0. The van der Waals surface area contributed by atoms with Crippen molar-refractivity contribution in [3.8, 4) is 11.5 Å². The molecule has 1 fully saturated rings. The first-order valence-electron chi connectivity index (χ1n) is 14.3. The van der Waals surface area contributed by atoms with Gasteiger partial charge in [0.2, 0.25) is 0 Å². The Morgan fingerprint density at radius 1 is 0.907 bits per heavy atom. The van der Waals surface area contributed by atoms with E-state index in [0.29, 0.717) is 51.6 Å². The third-order valence-electron chi connectivity index (χ3n) is 8.96. The van der Waals surface area contributed by atoms with Crippen LogP contribution in [0.3, 0.4) is 0 Å². The van der Waals surface area contributed by atoms with Crippen molar-refractivity contribution in [1.29, 1.82) is 0 Å². The Labute approximate surface area is 248 Å². The maximum Gasteiger partial charge on any atom is 0.185 e. The molecule has 1 saturated heterocycles. The highest BCUT2D eigenvalue weighted by molar-refractivity contribution is 6.32. The Morgan fingerprint density at radius 3 is 2.26 bits per heavy atom. The minimum atomic E-state index is -1.67. The topological polar surface area (TPSA) is 72.9 Å². The van der Waals surface area contributed by atoms with E-state index in [0.717, 1.165) is 0 Å². The predicted octanol–water partition coefficient (Wildman–Crippen LogP) is 6.55. The van der Waals surface area contributed by atoms with Crippen molar-refractivity contribution >= 4 is 29.1 Å². The number of methoxy groups -OCH3 is 1. The lowest BCUT2D eigenvalue weighted by atomic mass is 9.64. The number of hydrogen-bond acceptors (Lipinski definition) is 6.